The highest BCUT2D eigenvalue weighted by Crippen LogP contribution is 2.09. The van der Waals surface area contributed by atoms with Crippen LogP contribution in [0.1, 0.15) is 5.69 Å². The van der Waals surface area contributed by atoms with E-state index in [0.717, 1.165) is 0 Å². The van der Waals surface area contributed by atoms with E-state index in [9.17, 15) is 8.42 Å². The Labute approximate surface area is 81.5 Å². The average molecular weight is 224 g/mol. The highest BCUT2D eigenvalue weighted by Gasteiger charge is 2.17. The zero-order valence-corrected chi connectivity index (χ0v) is 8.61. The second-order valence-corrected chi connectivity index (χ2v) is 4.56. The molecule has 0 amide bonds. The summed E-state index contributed by atoms with van der Waals surface area (Å²) in [5, 5.41) is 6.17. The van der Waals surface area contributed by atoms with Gasteiger partial charge in [-0.1, -0.05) is 0 Å². The highest BCUT2D eigenvalue weighted by atomic mass is 35.5. The van der Waals surface area contributed by atoms with Crippen LogP contribution < -0.4 is 4.72 Å². The van der Waals surface area contributed by atoms with Crippen molar-refractivity contribution in [2.24, 2.45) is 0 Å². The number of aryl methyl sites for hydroxylation is 1. The SMILES string of the molecule is Cc1[nH]ncc1S(=O)(=O)NCCCl. The fourth-order valence-corrected chi connectivity index (χ4v) is 2.23. The van der Waals surface area contributed by atoms with Gasteiger partial charge >= 0.3 is 0 Å². The first-order chi connectivity index (χ1) is 6.08. The molecule has 0 aliphatic carbocycles. The van der Waals surface area contributed by atoms with Crippen LogP contribution >= 0.6 is 11.6 Å². The molecule has 1 heterocycles. The van der Waals surface area contributed by atoms with Gasteiger partial charge in [-0.3, -0.25) is 5.10 Å². The number of hydrogen-bond acceptors (Lipinski definition) is 3. The molecule has 0 atom stereocenters. The van der Waals surface area contributed by atoms with Crippen LogP contribution in [-0.2, 0) is 10.0 Å². The van der Waals surface area contributed by atoms with Crippen molar-refractivity contribution < 1.29 is 8.42 Å². The molecule has 1 aromatic heterocycles. The molecule has 0 spiro atoms. The molecule has 2 N–H and O–H groups in total. The molecule has 0 aliphatic rings. The standard InChI is InChI=1S/C6H10ClN3O2S/c1-5-6(4-8-10-5)13(11,12)9-3-2-7/h4,9H,2-3H2,1H3,(H,8,10). The van der Waals surface area contributed by atoms with Gasteiger partial charge in [-0.05, 0) is 6.92 Å². The molecule has 0 fully saturated rings. The molecule has 13 heavy (non-hydrogen) atoms. The first-order valence-electron chi connectivity index (χ1n) is 3.63. The van der Waals surface area contributed by atoms with Crippen LogP contribution in [0.2, 0.25) is 0 Å². The summed E-state index contributed by atoms with van der Waals surface area (Å²) >= 11 is 5.36. The van der Waals surface area contributed by atoms with Crippen LogP contribution in [0.3, 0.4) is 0 Å². The minimum absolute atomic E-state index is 0.164. The first-order valence-corrected chi connectivity index (χ1v) is 5.65. The topological polar surface area (TPSA) is 74.8 Å². The van der Waals surface area contributed by atoms with Gasteiger partial charge in [0, 0.05) is 12.4 Å². The van der Waals surface area contributed by atoms with E-state index in [4.69, 9.17) is 11.6 Å². The second-order valence-electron chi connectivity index (χ2n) is 2.45. The van der Waals surface area contributed by atoms with Crippen molar-refractivity contribution in [1.82, 2.24) is 14.9 Å². The Hall–Kier alpha value is -0.590. The molecule has 0 unspecified atom stereocenters. The third kappa shape index (κ3) is 2.43. The van der Waals surface area contributed by atoms with E-state index in [1.54, 1.807) is 6.92 Å². The Morgan fingerprint density at radius 1 is 1.69 bits per heavy atom. The maximum Gasteiger partial charge on any atom is 0.243 e. The molecule has 5 nitrogen and oxygen atoms in total. The predicted octanol–water partition coefficient (Wildman–Crippen LogP) is 0.235. The highest BCUT2D eigenvalue weighted by molar-refractivity contribution is 7.89. The van der Waals surface area contributed by atoms with Crippen molar-refractivity contribution in [3.8, 4) is 0 Å². The fraction of sp³-hybridized carbons (Fsp3) is 0.500. The molecule has 0 bridgehead atoms. The number of aromatic nitrogens is 2. The van der Waals surface area contributed by atoms with Gasteiger partial charge in [-0.15, -0.1) is 11.6 Å². The molecule has 7 heteroatoms. The van der Waals surface area contributed by atoms with Gasteiger partial charge < -0.3 is 0 Å². The van der Waals surface area contributed by atoms with Crippen LogP contribution in [0.5, 0.6) is 0 Å². The largest absolute Gasteiger partial charge is 0.281 e. The van der Waals surface area contributed by atoms with Gasteiger partial charge in [0.2, 0.25) is 10.0 Å². The van der Waals surface area contributed by atoms with Crippen molar-refractivity contribution in [3.63, 3.8) is 0 Å². The van der Waals surface area contributed by atoms with Crippen molar-refractivity contribution in [2.45, 2.75) is 11.8 Å². The lowest BCUT2D eigenvalue weighted by Gasteiger charge is -2.02. The lowest BCUT2D eigenvalue weighted by molar-refractivity contribution is 0.583. The number of rotatable bonds is 4. The maximum absolute atomic E-state index is 11.4. The van der Waals surface area contributed by atoms with Crippen molar-refractivity contribution in [2.75, 3.05) is 12.4 Å². The molecule has 0 radical (unpaired) electrons. The van der Waals surface area contributed by atoms with Crippen molar-refractivity contribution in [1.29, 1.82) is 0 Å². The van der Waals surface area contributed by atoms with E-state index in [1.807, 2.05) is 0 Å². The molecule has 0 aliphatic heterocycles. The van der Waals surface area contributed by atoms with Gasteiger partial charge in [0.25, 0.3) is 0 Å². The Morgan fingerprint density at radius 3 is 2.85 bits per heavy atom. The maximum atomic E-state index is 11.4. The summed E-state index contributed by atoms with van der Waals surface area (Å²) in [6.07, 6.45) is 1.27. The molecule has 0 saturated heterocycles. The molecular formula is C6H10ClN3O2S. The number of nitrogens with zero attached hydrogens (tertiary/aromatic N) is 1. The lowest BCUT2D eigenvalue weighted by atomic mass is 10.5. The van der Waals surface area contributed by atoms with Gasteiger partial charge in [-0.25, -0.2) is 13.1 Å². The molecule has 0 aromatic carbocycles. The monoisotopic (exact) mass is 223 g/mol. The summed E-state index contributed by atoms with van der Waals surface area (Å²) < 4.78 is 25.2. The van der Waals surface area contributed by atoms with Crippen LogP contribution in [-0.4, -0.2) is 31.0 Å². The Bertz CT molecular complexity index is 373. The van der Waals surface area contributed by atoms with E-state index in [0.29, 0.717) is 5.69 Å². The predicted molar refractivity (Wildman–Crippen MR) is 49.2 cm³/mol. The summed E-state index contributed by atoms with van der Waals surface area (Å²) in [6.45, 7) is 1.86. The van der Waals surface area contributed by atoms with Crippen molar-refractivity contribution in [3.05, 3.63) is 11.9 Å². The molecule has 1 rings (SSSR count). The average Bonchev–Trinajstić information content (AvgIpc) is 2.48. The van der Waals surface area contributed by atoms with Crippen LogP contribution in [0.4, 0.5) is 0 Å². The van der Waals surface area contributed by atoms with Crippen molar-refractivity contribution >= 4 is 21.6 Å². The zero-order chi connectivity index (χ0) is 9.90. The van der Waals surface area contributed by atoms with Gasteiger partial charge in [0.15, 0.2) is 0 Å². The van der Waals surface area contributed by atoms with Gasteiger partial charge in [-0.2, -0.15) is 5.10 Å². The molecule has 74 valence electrons. The minimum Gasteiger partial charge on any atom is -0.281 e. The minimum atomic E-state index is -3.44. The van der Waals surface area contributed by atoms with E-state index >= 15 is 0 Å². The van der Waals surface area contributed by atoms with E-state index in [2.05, 4.69) is 14.9 Å². The summed E-state index contributed by atoms with van der Waals surface area (Å²) in [5.74, 6) is 0.246. The summed E-state index contributed by atoms with van der Waals surface area (Å²) in [6, 6.07) is 0. The second kappa shape index (κ2) is 4.08. The van der Waals surface area contributed by atoms with Gasteiger partial charge in [0.1, 0.15) is 4.90 Å². The third-order valence-corrected chi connectivity index (χ3v) is 3.22. The smallest absolute Gasteiger partial charge is 0.243 e. The number of halogens is 1. The normalized spacial score (nSPS) is 11.8. The summed E-state index contributed by atoms with van der Waals surface area (Å²) in [5.41, 5.74) is 0.516. The summed E-state index contributed by atoms with van der Waals surface area (Å²) in [7, 11) is -3.44. The first kappa shape index (κ1) is 10.5. The fourth-order valence-electron chi connectivity index (χ4n) is 0.861. The number of aromatic amines is 1. The quantitative estimate of drug-likeness (QED) is 0.718. The Morgan fingerprint density at radius 2 is 2.38 bits per heavy atom. The van der Waals surface area contributed by atoms with E-state index < -0.39 is 10.0 Å². The number of H-pyrrole nitrogens is 1. The molecule has 0 saturated carbocycles. The van der Waals surface area contributed by atoms with E-state index in [1.165, 1.54) is 6.20 Å². The Kier molecular flexibility index (Phi) is 3.29. The van der Waals surface area contributed by atoms with E-state index in [-0.39, 0.29) is 17.3 Å². The summed E-state index contributed by atoms with van der Waals surface area (Å²) in [4.78, 5) is 0.164. The zero-order valence-electron chi connectivity index (χ0n) is 7.04. The van der Waals surface area contributed by atoms with Crippen LogP contribution in [0.25, 0.3) is 0 Å². The number of hydrogen-bond donors (Lipinski definition) is 2. The third-order valence-electron chi connectivity index (χ3n) is 1.46. The van der Waals surface area contributed by atoms with Crippen LogP contribution in [0.15, 0.2) is 11.1 Å². The van der Waals surface area contributed by atoms with Crippen LogP contribution in [0, 0.1) is 6.92 Å². The van der Waals surface area contributed by atoms with Gasteiger partial charge in [0.05, 0.1) is 11.9 Å². The molecular weight excluding hydrogens is 214 g/mol. The number of sulfonamides is 1. The number of alkyl halides is 1. The Balaban J connectivity index is 2.88. The lowest BCUT2D eigenvalue weighted by Crippen LogP contribution is -2.25. The number of nitrogens with one attached hydrogen (secondary N) is 2. The molecule has 1 aromatic rings.